The fourth-order valence-electron chi connectivity index (χ4n) is 2.50. The number of hydrogen-bond acceptors (Lipinski definition) is 13. The topological polar surface area (TPSA) is 229 Å². The predicted molar refractivity (Wildman–Crippen MR) is 64.5 cm³/mol. The number of aliphatic carboxylic acids is 2. The van der Waals surface area contributed by atoms with Gasteiger partial charge in [-0.2, -0.15) is 0 Å². The molecule has 10 atom stereocenters. The first-order valence-corrected chi connectivity index (χ1v) is 7.02. The van der Waals surface area contributed by atoms with E-state index in [1.807, 2.05) is 0 Å². The molecule has 2 fully saturated rings. The van der Waals surface area contributed by atoms with Crippen LogP contribution in [-0.2, 0) is 23.8 Å². The quantitative estimate of drug-likeness (QED) is 0.235. The molecule has 0 aliphatic carbocycles. The van der Waals surface area contributed by atoms with Crippen molar-refractivity contribution in [3.05, 3.63) is 0 Å². The largest absolute Gasteiger partial charge is 1.00 e. The van der Waals surface area contributed by atoms with Crippen molar-refractivity contribution in [2.45, 2.75) is 61.4 Å². The second kappa shape index (κ2) is 11.1. The smallest absolute Gasteiger partial charge is 0.547 e. The maximum atomic E-state index is 11.1. The summed E-state index contributed by atoms with van der Waals surface area (Å²) in [7, 11) is 0. The van der Waals surface area contributed by atoms with Crippen LogP contribution in [0.3, 0.4) is 0 Å². The molecule has 0 bridgehead atoms. The van der Waals surface area contributed by atoms with Crippen LogP contribution in [0.25, 0.3) is 0 Å². The monoisotopic (exact) mass is 414 g/mol. The summed E-state index contributed by atoms with van der Waals surface area (Å²) in [4.78, 5) is 21.9. The minimum atomic E-state index is -2.14. The molecule has 6 N–H and O–H groups in total. The third kappa shape index (κ3) is 5.81. The Kier molecular flexibility index (Phi) is 11.3. The van der Waals surface area contributed by atoms with Gasteiger partial charge in [0.05, 0.1) is 11.9 Å². The number of carbonyl (C=O) groups is 2. The first-order chi connectivity index (χ1) is 11.6. The van der Waals surface area contributed by atoms with Gasteiger partial charge in [-0.25, -0.2) is 0 Å². The molecule has 2 aliphatic rings. The average molecular weight is 414 g/mol. The van der Waals surface area contributed by atoms with Crippen LogP contribution in [0.1, 0.15) is 0 Å². The molecule has 15 heteroatoms. The molecule has 0 aromatic heterocycles. The van der Waals surface area contributed by atoms with Gasteiger partial charge in [0, 0.05) is 0 Å². The summed E-state index contributed by atoms with van der Waals surface area (Å²) in [5.74, 6) is -3.92. The second-order valence-electron chi connectivity index (χ2n) is 5.56. The Balaban J connectivity index is 0.00000338. The van der Waals surface area contributed by atoms with E-state index in [0.717, 1.165) is 0 Å². The summed E-state index contributed by atoms with van der Waals surface area (Å²) in [6.45, 7) is 0. The van der Waals surface area contributed by atoms with E-state index in [4.69, 9.17) is 9.47 Å². The van der Waals surface area contributed by atoms with Crippen molar-refractivity contribution in [2.24, 2.45) is 0 Å². The van der Waals surface area contributed by atoms with E-state index in [9.17, 15) is 50.4 Å². The Morgan fingerprint density at radius 1 is 0.704 bits per heavy atom. The first-order valence-electron chi connectivity index (χ1n) is 7.02. The number of aliphatic hydroxyl groups excluding tert-OH is 6. The second-order valence-corrected chi connectivity index (χ2v) is 5.56. The molecule has 0 radical (unpaired) electrons. The van der Waals surface area contributed by atoms with E-state index in [1.165, 1.54) is 0 Å². The van der Waals surface area contributed by atoms with Gasteiger partial charge in [-0.1, -0.05) is 0 Å². The third-order valence-corrected chi connectivity index (χ3v) is 3.89. The van der Waals surface area contributed by atoms with E-state index in [2.05, 4.69) is 4.74 Å². The summed E-state index contributed by atoms with van der Waals surface area (Å²) >= 11 is 0. The molecule has 0 amide bonds. The number of rotatable bonds is 4. The van der Waals surface area contributed by atoms with Crippen molar-refractivity contribution < 1.29 is 124 Å². The maximum Gasteiger partial charge on any atom is 1.00 e. The van der Waals surface area contributed by atoms with Crippen molar-refractivity contribution in [1.82, 2.24) is 0 Å². The van der Waals surface area contributed by atoms with Crippen molar-refractivity contribution in [2.75, 3.05) is 0 Å². The van der Waals surface area contributed by atoms with E-state index in [-0.39, 0.29) is 59.1 Å². The number of ether oxygens (including phenoxy) is 3. The normalized spacial score (nSPS) is 44.5. The van der Waals surface area contributed by atoms with E-state index in [1.54, 1.807) is 0 Å². The fourth-order valence-corrected chi connectivity index (χ4v) is 2.50. The van der Waals surface area contributed by atoms with Gasteiger partial charge in [0.25, 0.3) is 0 Å². The Morgan fingerprint density at radius 3 is 1.70 bits per heavy atom. The van der Waals surface area contributed by atoms with Gasteiger partial charge in [-0.3, -0.25) is 0 Å². The number of carboxylic acid groups (broad SMARTS) is 2. The van der Waals surface area contributed by atoms with Gasteiger partial charge in [0.15, 0.2) is 12.6 Å². The average Bonchev–Trinajstić information content (AvgIpc) is 2.54. The Labute approximate surface area is 196 Å². The van der Waals surface area contributed by atoms with Crippen LogP contribution >= 0.6 is 0 Å². The van der Waals surface area contributed by atoms with Crippen LogP contribution < -0.4 is 69.3 Å². The van der Waals surface area contributed by atoms with Gasteiger partial charge in [-0.05, 0) is 0 Å². The number of aliphatic hydroxyl groups is 6. The zero-order valence-corrected chi connectivity index (χ0v) is 18.3. The Morgan fingerprint density at radius 2 is 1.22 bits per heavy atom. The van der Waals surface area contributed by atoms with Crippen LogP contribution in [-0.4, -0.2) is 104 Å². The van der Waals surface area contributed by atoms with Gasteiger partial charge >= 0.3 is 59.1 Å². The van der Waals surface area contributed by atoms with Crippen LogP contribution in [0.2, 0.25) is 0 Å². The molecule has 0 spiro atoms. The van der Waals surface area contributed by atoms with Crippen LogP contribution in [0.4, 0.5) is 0 Å². The van der Waals surface area contributed by atoms with E-state index in [0.29, 0.717) is 0 Å². The third-order valence-electron chi connectivity index (χ3n) is 3.89. The molecule has 27 heavy (non-hydrogen) atoms. The summed E-state index contributed by atoms with van der Waals surface area (Å²) in [5.41, 5.74) is 0. The van der Waals surface area contributed by atoms with Crippen molar-refractivity contribution in [3.8, 4) is 0 Å². The number of hydrogen-bond donors (Lipinski definition) is 6. The minimum absolute atomic E-state index is 0. The van der Waals surface area contributed by atoms with Crippen molar-refractivity contribution >= 4 is 11.9 Å². The zero-order valence-electron chi connectivity index (χ0n) is 14.3. The van der Waals surface area contributed by atoms with Gasteiger partial charge in [0.2, 0.25) is 0 Å². The molecule has 10 unspecified atom stereocenters. The molecule has 0 aromatic carbocycles. The molecule has 0 saturated carbocycles. The first kappa shape index (κ1) is 27.6. The molecule has 2 rings (SSSR count). The molecule has 2 heterocycles. The predicted octanol–water partition coefficient (Wildman–Crippen LogP) is -13.9. The van der Waals surface area contributed by atoms with E-state index < -0.39 is 73.4 Å². The summed E-state index contributed by atoms with van der Waals surface area (Å²) in [6.07, 6.45) is -20.6. The van der Waals surface area contributed by atoms with Gasteiger partial charge in [-0.15, -0.1) is 0 Å². The SMILES string of the molecule is O=C([O-])C1OC(OC2C(C(=O)[O-])OC(O)C(O)C2O)C(O)C(O)C1O.[Na+].[Na+]. The van der Waals surface area contributed by atoms with Crippen molar-refractivity contribution in [3.63, 3.8) is 0 Å². The number of carboxylic acids is 2. The molecule has 0 aromatic rings. The molecule has 2 saturated heterocycles. The zero-order chi connectivity index (χ0) is 19.0. The van der Waals surface area contributed by atoms with E-state index >= 15 is 0 Å². The Bertz CT molecular complexity index is 522. The van der Waals surface area contributed by atoms with Gasteiger partial charge < -0.3 is 64.7 Å². The van der Waals surface area contributed by atoms with Crippen LogP contribution in [0, 0.1) is 0 Å². The van der Waals surface area contributed by atoms with Crippen molar-refractivity contribution in [1.29, 1.82) is 0 Å². The number of carbonyl (C=O) groups excluding carboxylic acids is 2. The van der Waals surface area contributed by atoms with Crippen LogP contribution in [0.5, 0.6) is 0 Å². The standard InChI is InChI=1S/C12H18O13.2Na/c13-1-2(14)7(9(18)19)25-12(5(1)17)24-6-3(15)4(16)11(22)23-8(6)10(20)21;;/h1-8,11-17,22H,(H,18,19)(H,20,21);;/q;2*+1/p-2. The summed E-state index contributed by atoms with van der Waals surface area (Å²) in [6, 6.07) is 0. The van der Waals surface area contributed by atoms with Crippen LogP contribution in [0.15, 0.2) is 0 Å². The molecular formula is C12H16Na2O13. The summed E-state index contributed by atoms with van der Waals surface area (Å²) < 4.78 is 14.2. The molecule has 13 nitrogen and oxygen atoms in total. The summed E-state index contributed by atoms with van der Waals surface area (Å²) in [5, 5.41) is 79.6. The molecule has 2 aliphatic heterocycles. The minimum Gasteiger partial charge on any atom is -0.547 e. The Hall–Kier alpha value is 0.580. The van der Waals surface area contributed by atoms with Gasteiger partial charge in [0.1, 0.15) is 48.8 Å². The molecular weight excluding hydrogens is 398 g/mol. The fraction of sp³-hybridized carbons (Fsp3) is 0.833. The maximum absolute atomic E-state index is 11.1. The molecule has 144 valence electrons.